The minimum atomic E-state index is -3.80. The molecular formula is C11H14O5S2. The molecule has 2 atom stereocenters. The molecule has 7 heteroatoms. The number of aryl methyl sites for hydroxylation is 1. The van der Waals surface area contributed by atoms with Crippen LogP contribution in [-0.2, 0) is 19.7 Å². The third kappa shape index (κ3) is 2.43. The number of hydrogen-bond donors (Lipinski definition) is 1. The Hall–Kier alpha value is -0.920. The number of sulfone groups is 2. The first-order chi connectivity index (χ1) is 8.22. The molecule has 0 aromatic heterocycles. The summed E-state index contributed by atoms with van der Waals surface area (Å²) in [5, 5.41) is 8.36. The summed E-state index contributed by atoms with van der Waals surface area (Å²) in [4.78, 5) is 0.0502. The minimum Gasteiger partial charge on any atom is -0.391 e. The molecule has 1 heterocycles. The summed E-state index contributed by atoms with van der Waals surface area (Å²) in [7, 11) is -7.28. The van der Waals surface area contributed by atoms with Gasteiger partial charge < -0.3 is 5.11 Å². The lowest BCUT2D eigenvalue weighted by Gasteiger charge is -2.13. The smallest absolute Gasteiger partial charge is 0.184 e. The summed E-state index contributed by atoms with van der Waals surface area (Å²) in [5.74, 6) is -0.993. The van der Waals surface area contributed by atoms with Crippen molar-refractivity contribution in [2.45, 2.75) is 23.2 Å². The van der Waals surface area contributed by atoms with Gasteiger partial charge in [0.15, 0.2) is 19.7 Å². The Kier molecular flexibility index (Phi) is 3.25. The Bertz CT molecular complexity index is 643. The van der Waals surface area contributed by atoms with E-state index in [1.54, 1.807) is 12.1 Å². The summed E-state index contributed by atoms with van der Waals surface area (Å²) < 4.78 is 47.2. The average molecular weight is 290 g/mol. The lowest BCUT2D eigenvalue weighted by molar-refractivity contribution is 0.204. The Balaban J connectivity index is 2.41. The van der Waals surface area contributed by atoms with Crippen LogP contribution in [0.25, 0.3) is 0 Å². The third-order valence-electron chi connectivity index (χ3n) is 3.02. The fourth-order valence-electron chi connectivity index (χ4n) is 2.00. The molecule has 1 aliphatic heterocycles. The monoisotopic (exact) mass is 290 g/mol. The van der Waals surface area contributed by atoms with Crippen molar-refractivity contribution in [2.75, 3.05) is 11.5 Å². The molecule has 2 rings (SSSR count). The second-order valence-electron chi connectivity index (χ2n) is 4.54. The molecule has 0 bridgehead atoms. The second kappa shape index (κ2) is 4.32. The molecule has 0 radical (unpaired) electrons. The van der Waals surface area contributed by atoms with Gasteiger partial charge in [-0.2, -0.15) is 0 Å². The maximum absolute atomic E-state index is 12.2. The van der Waals surface area contributed by atoms with Gasteiger partial charge in [-0.1, -0.05) is 17.7 Å². The maximum atomic E-state index is 12.2. The Morgan fingerprint density at radius 2 is 1.72 bits per heavy atom. The van der Waals surface area contributed by atoms with E-state index in [-0.39, 0.29) is 4.90 Å². The van der Waals surface area contributed by atoms with Crippen LogP contribution in [0.15, 0.2) is 29.2 Å². The molecule has 1 saturated heterocycles. The molecule has 0 saturated carbocycles. The van der Waals surface area contributed by atoms with Gasteiger partial charge in [-0.3, -0.25) is 0 Å². The zero-order chi connectivity index (χ0) is 13.6. The van der Waals surface area contributed by atoms with Crippen LogP contribution < -0.4 is 0 Å². The molecule has 0 amide bonds. The van der Waals surface area contributed by atoms with Crippen molar-refractivity contribution < 1.29 is 21.9 Å². The van der Waals surface area contributed by atoms with Crippen LogP contribution in [0.4, 0.5) is 0 Å². The zero-order valence-electron chi connectivity index (χ0n) is 9.78. The van der Waals surface area contributed by atoms with Gasteiger partial charge in [0, 0.05) is 0 Å². The Morgan fingerprint density at radius 3 is 2.17 bits per heavy atom. The highest BCUT2D eigenvalue weighted by atomic mass is 32.2. The molecule has 0 unspecified atom stereocenters. The van der Waals surface area contributed by atoms with Crippen LogP contribution in [0.1, 0.15) is 5.56 Å². The molecule has 0 aliphatic carbocycles. The van der Waals surface area contributed by atoms with Crippen LogP contribution in [0.2, 0.25) is 0 Å². The van der Waals surface area contributed by atoms with E-state index in [0.29, 0.717) is 0 Å². The summed E-state index contributed by atoms with van der Waals surface area (Å²) in [5.41, 5.74) is 0.911. The van der Waals surface area contributed by atoms with Crippen molar-refractivity contribution >= 4 is 19.7 Å². The van der Waals surface area contributed by atoms with E-state index in [1.807, 2.05) is 6.92 Å². The van der Waals surface area contributed by atoms with Gasteiger partial charge in [-0.15, -0.1) is 0 Å². The van der Waals surface area contributed by atoms with Crippen LogP contribution in [0.3, 0.4) is 0 Å². The average Bonchev–Trinajstić information content (AvgIpc) is 2.53. The molecule has 5 nitrogen and oxygen atoms in total. The number of hydrogen-bond acceptors (Lipinski definition) is 5. The lowest BCUT2D eigenvalue weighted by atomic mass is 10.2. The predicted molar refractivity (Wildman–Crippen MR) is 66.8 cm³/mol. The van der Waals surface area contributed by atoms with E-state index in [0.717, 1.165) is 5.56 Å². The molecule has 100 valence electrons. The molecule has 18 heavy (non-hydrogen) atoms. The van der Waals surface area contributed by atoms with Crippen LogP contribution in [0.5, 0.6) is 0 Å². The van der Waals surface area contributed by atoms with Crippen LogP contribution >= 0.6 is 0 Å². The van der Waals surface area contributed by atoms with Crippen molar-refractivity contribution in [2.24, 2.45) is 0 Å². The van der Waals surface area contributed by atoms with E-state index >= 15 is 0 Å². The molecule has 1 aromatic rings. The Morgan fingerprint density at radius 1 is 1.17 bits per heavy atom. The third-order valence-corrected chi connectivity index (χ3v) is 7.15. The molecular weight excluding hydrogens is 276 g/mol. The summed E-state index contributed by atoms with van der Waals surface area (Å²) in [6.45, 7) is 1.82. The van der Waals surface area contributed by atoms with Gasteiger partial charge in [0.05, 0.1) is 22.5 Å². The largest absolute Gasteiger partial charge is 0.391 e. The highest BCUT2D eigenvalue weighted by molar-refractivity contribution is 7.96. The highest BCUT2D eigenvalue weighted by Gasteiger charge is 2.44. The van der Waals surface area contributed by atoms with Crippen LogP contribution in [-0.4, -0.2) is 44.8 Å². The first-order valence-corrected chi connectivity index (χ1v) is 8.78. The first kappa shape index (κ1) is 13.5. The van der Waals surface area contributed by atoms with E-state index in [9.17, 15) is 21.9 Å². The van der Waals surface area contributed by atoms with Gasteiger partial charge in [0.1, 0.15) is 5.25 Å². The number of benzene rings is 1. The molecule has 1 aromatic carbocycles. The fourth-order valence-corrected chi connectivity index (χ4v) is 6.44. The van der Waals surface area contributed by atoms with Gasteiger partial charge in [-0.05, 0) is 19.1 Å². The van der Waals surface area contributed by atoms with Crippen molar-refractivity contribution in [1.82, 2.24) is 0 Å². The summed E-state index contributed by atoms with van der Waals surface area (Å²) in [6.07, 6.45) is -1.35. The van der Waals surface area contributed by atoms with Gasteiger partial charge in [0.2, 0.25) is 0 Å². The molecule has 1 N–H and O–H groups in total. The number of aliphatic hydroxyl groups excluding tert-OH is 1. The quantitative estimate of drug-likeness (QED) is 0.823. The van der Waals surface area contributed by atoms with Gasteiger partial charge >= 0.3 is 0 Å². The molecule has 1 aliphatic rings. The number of rotatable bonds is 2. The normalized spacial score (nSPS) is 27.2. The van der Waals surface area contributed by atoms with Crippen LogP contribution in [0, 0.1) is 6.92 Å². The maximum Gasteiger partial charge on any atom is 0.184 e. The highest BCUT2D eigenvalue weighted by Crippen LogP contribution is 2.25. The lowest BCUT2D eigenvalue weighted by Crippen LogP contribution is -2.32. The standard InChI is InChI=1S/C11H14O5S2/c1-8-2-4-9(5-3-8)18(15,16)11-7-17(13,14)6-10(11)12/h2-5,10-12H,6-7H2,1H3/t10-,11-/m1/s1. The summed E-state index contributed by atoms with van der Waals surface area (Å²) >= 11 is 0. The van der Waals surface area contributed by atoms with Crippen molar-refractivity contribution in [3.63, 3.8) is 0 Å². The van der Waals surface area contributed by atoms with E-state index in [4.69, 9.17) is 0 Å². The zero-order valence-corrected chi connectivity index (χ0v) is 11.4. The molecule has 1 fully saturated rings. The topological polar surface area (TPSA) is 88.5 Å². The SMILES string of the molecule is Cc1ccc(S(=O)(=O)[C@@H]2CS(=O)(=O)C[C@H]2O)cc1. The van der Waals surface area contributed by atoms with E-state index in [2.05, 4.69) is 0 Å². The van der Waals surface area contributed by atoms with Crippen molar-refractivity contribution in [3.8, 4) is 0 Å². The van der Waals surface area contributed by atoms with E-state index in [1.165, 1.54) is 12.1 Å². The predicted octanol–water partition coefficient (Wildman–Crippen LogP) is -0.0734. The van der Waals surface area contributed by atoms with Gasteiger partial charge in [0.25, 0.3) is 0 Å². The fraction of sp³-hybridized carbons (Fsp3) is 0.455. The van der Waals surface area contributed by atoms with Crippen molar-refractivity contribution in [3.05, 3.63) is 29.8 Å². The number of aliphatic hydroxyl groups is 1. The van der Waals surface area contributed by atoms with E-state index < -0.39 is 42.5 Å². The molecule has 0 spiro atoms. The second-order valence-corrected chi connectivity index (χ2v) is 8.86. The van der Waals surface area contributed by atoms with Gasteiger partial charge in [-0.25, -0.2) is 16.8 Å². The first-order valence-electron chi connectivity index (χ1n) is 5.41. The minimum absolute atomic E-state index is 0.0502. The Labute approximate surface area is 106 Å². The summed E-state index contributed by atoms with van der Waals surface area (Å²) in [6, 6.07) is 6.15. The van der Waals surface area contributed by atoms with Crippen molar-refractivity contribution in [1.29, 1.82) is 0 Å².